The standard InChI is InChI=1S/C24H26F2N6O/c1-24(11-27)4-5-32(12-24)22-15(13-8-30-23(33-3)31-9-13)10-29-18-6-14-17(28-2)7-16(25)21(26)19(14)20(18)22/h7-10,28H,4-6,11-12,27H2,1-3H3. The Morgan fingerprint density at radius 3 is 2.58 bits per heavy atom. The van der Waals surface area contributed by atoms with E-state index in [4.69, 9.17) is 10.5 Å². The van der Waals surface area contributed by atoms with Crippen molar-refractivity contribution in [2.75, 3.05) is 44.0 Å². The highest BCUT2D eigenvalue weighted by atomic mass is 19.2. The molecule has 1 aliphatic heterocycles. The van der Waals surface area contributed by atoms with E-state index in [2.05, 4.69) is 32.1 Å². The summed E-state index contributed by atoms with van der Waals surface area (Å²) in [4.78, 5) is 15.4. The van der Waals surface area contributed by atoms with E-state index in [0.717, 1.165) is 35.5 Å². The van der Waals surface area contributed by atoms with Gasteiger partial charge in [0.05, 0.1) is 18.5 Å². The highest BCUT2D eigenvalue weighted by molar-refractivity contribution is 5.96. The van der Waals surface area contributed by atoms with Gasteiger partial charge < -0.3 is 20.7 Å². The summed E-state index contributed by atoms with van der Waals surface area (Å²) >= 11 is 0. The van der Waals surface area contributed by atoms with Crippen molar-refractivity contribution in [1.29, 1.82) is 0 Å². The van der Waals surface area contributed by atoms with Crippen molar-refractivity contribution in [2.45, 2.75) is 19.8 Å². The van der Waals surface area contributed by atoms with E-state index in [1.165, 1.54) is 13.2 Å². The number of halogens is 2. The Balaban J connectivity index is 1.77. The van der Waals surface area contributed by atoms with Crippen LogP contribution in [0, 0.1) is 17.0 Å². The van der Waals surface area contributed by atoms with Crippen LogP contribution in [0.1, 0.15) is 24.6 Å². The first-order chi connectivity index (χ1) is 15.9. The van der Waals surface area contributed by atoms with E-state index in [1.54, 1.807) is 25.6 Å². The average Bonchev–Trinajstić information content (AvgIpc) is 3.42. The van der Waals surface area contributed by atoms with E-state index in [1.807, 2.05) is 0 Å². The zero-order chi connectivity index (χ0) is 23.3. The van der Waals surface area contributed by atoms with E-state index >= 15 is 4.39 Å². The number of pyridine rings is 1. The molecule has 2 aliphatic rings. The van der Waals surface area contributed by atoms with Crippen LogP contribution >= 0.6 is 0 Å². The molecule has 7 nitrogen and oxygen atoms in total. The molecular weight excluding hydrogens is 426 g/mol. The van der Waals surface area contributed by atoms with Gasteiger partial charge in [0.1, 0.15) is 0 Å². The number of ether oxygens (including phenoxy) is 1. The first kappa shape index (κ1) is 21.5. The maximum absolute atomic E-state index is 15.3. The largest absolute Gasteiger partial charge is 0.467 e. The molecule has 1 saturated heterocycles. The molecule has 0 saturated carbocycles. The molecular formula is C24H26F2N6O. The van der Waals surface area contributed by atoms with Crippen molar-refractivity contribution < 1.29 is 13.5 Å². The van der Waals surface area contributed by atoms with Crippen molar-refractivity contribution in [3.8, 4) is 28.3 Å². The third-order valence-corrected chi connectivity index (χ3v) is 6.81. The van der Waals surface area contributed by atoms with Gasteiger partial charge in [-0.3, -0.25) is 4.98 Å². The Morgan fingerprint density at radius 1 is 1.18 bits per heavy atom. The number of aromatic nitrogens is 3. The molecule has 5 rings (SSSR count). The van der Waals surface area contributed by atoms with Gasteiger partial charge in [0.2, 0.25) is 0 Å². The third-order valence-electron chi connectivity index (χ3n) is 6.81. The molecule has 1 unspecified atom stereocenters. The van der Waals surface area contributed by atoms with Crippen molar-refractivity contribution in [2.24, 2.45) is 11.1 Å². The first-order valence-electron chi connectivity index (χ1n) is 10.9. The minimum absolute atomic E-state index is 0.0676. The number of anilines is 2. The van der Waals surface area contributed by atoms with Crippen LogP contribution in [0.15, 0.2) is 24.7 Å². The topological polar surface area (TPSA) is 89.2 Å². The fraction of sp³-hybridized carbons (Fsp3) is 0.375. The molecule has 33 heavy (non-hydrogen) atoms. The summed E-state index contributed by atoms with van der Waals surface area (Å²) in [7, 11) is 3.21. The lowest BCUT2D eigenvalue weighted by Gasteiger charge is -2.28. The maximum atomic E-state index is 15.3. The molecule has 0 radical (unpaired) electrons. The molecule has 172 valence electrons. The van der Waals surface area contributed by atoms with Crippen molar-refractivity contribution >= 4 is 11.4 Å². The molecule has 1 fully saturated rings. The molecule has 3 N–H and O–H groups in total. The summed E-state index contributed by atoms with van der Waals surface area (Å²) < 4.78 is 35.0. The minimum atomic E-state index is -0.886. The summed E-state index contributed by atoms with van der Waals surface area (Å²) in [6, 6.07) is 1.46. The number of hydrogen-bond donors (Lipinski definition) is 2. The maximum Gasteiger partial charge on any atom is 0.316 e. The van der Waals surface area contributed by atoms with E-state index in [-0.39, 0.29) is 17.0 Å². The molecule has 2 aromatic heterocycles. The van der Waals surface area contributed by atoms with E-state index in [0.29, 0.717) is 36.3 Å². The van der Waals surface area contributed by atoms with Crippen molar-refractivity contribution in [3.63, 3.8) is 0 Å². The van der Waals surface area contributed by atoms with Crippen LogP contribution < -0.4 is 20.7 Å². The molecule has 1 atom stereocenters. The number of benzene rings is 1. The number of hydrogen-bond acceptors (Lipinski definition) is 7. The highest BCUT2D eigenvalue weighted by Crippen LogP contribution is 2.51. The summed E-state index contributed by atoms with van der Waals surface area (Å²) in [6.45, 7) is 4.15. The Hall–Kier alpha value is -3.33. The second kappa shape index (κ2) is 7.91. The fourth-order valence-electron chi connectivity index (χ4n) is 4.92. The van der Waals surface area contributed by atoms with E-state index in [9.17, 15) is 4.39 Å². The fourth-order valence-corrected chi connectivity index (χ4v) is 4.92. The molecule has 3 aromatic rings. The molecule has 1 aromatic carbocycles. The average molecular weight is 453 g/mol. The Labute approximate surface area is 191 Å². The lowest BCUT2D eigenvalue weighted by molar-refractivity contribution is 0.380. The van der Waals surface area contributed by atoms with Gasteiger partial charge in [0, 0.05) is 79.2 Å². The lowest BCUT2D eigenvalue weighted by Crippen LogP contribution is -2.31. The van der Waals surface area contributed by atoms with Gasteiger partial charge in [-0.05, 0) is 23.9 Å². The predicted octanol–water partition coefficient (Wildman–Crippen LogP) is 3.61. The zero-order valence-corrected chi connectivity index (χ0v) is 18.9. The monoisotopic (exact) mass is 452 g/mol. The molecule has 0 spiro atoms. The SMILES string of the molecule is CNc1cc(F)c(F)c2c1Cc1ncc(-c3cnc(OC)nc3)c(N3CCC(C)(CN)C3)c1-2. The molecule has 3 heterocycles. The van der Waals surface area contributed by atoms with Crippen LogP contribution in [-0.4, -0.2) is 48.7 Å². The van der Waals surface area contributed by atoms with Crippen molar-refractivity contribution in [1.82, 2.24) is 15.0 Å². The summed E-state index contributed by atoms with van der Waals surface area (Å²) in [5.41, 5.74) is 11.2. The Morgan fingerprint density at radius 2 is 1.94 bits per heavy atom. The summed E-state index contributed by atoms with van der Waals surface area (Å²) in [6.07, 6.45) is 6.42. The normalized spacial score (nSPS) is 18.9. The number of nitrogens with one attached hydrogen (secondary N) is 1. The number of nitrogens with zero attached hydrogens (tertiary/aromatic N) is 4. The molecule has 1 aliphatic carbocycles. The third kappa shape index (κ3) is 3.38. The summed E-state index contributed by atoms with van der Waals surface area (Å²) in [5, 5.41) is 3.00. The van der Waals surface area contributed by atoms with Crippen molar-refractivity contribution in [3.05, 3.63) is 47.5 Å². The first-order valence-corrected chi connectivity index (χ1v) is 10.9. The second-order valence-electron chi connectivity index (χ2n) is 8.99. The van der Waals surface area contributed by atoms with Gasteiger partial charge in [0.15, 0.2) is 11.6 Å². The zero-order valence-electron chi connectivity index (χ0n) is 18.9. The van der Waals surface area contributed by atoms with Gasteiger partial charge >= 0.3 is 6.01 Å². The number of methoxy groups -OCH3 is 1. The van der Waals surface area contributed by atoms with Gasteiger partial charge in [0.25, 0.3) is 0 Å². The highest BCUT2D eigenvalue weighted by Gasteiger charge is 2.38. The van der Waals surface area contributed by atoms with Crippen LogP contribution in [0.25, 0.3) is 22.3 Å². The van der Waals surface area contributed by atoms with Crippen LogP contribution in [0.5, 0.6) is 6.01 Å². The molecule has 0 amide bonds. The smallest absolute Gasteiger partial charge is 0.316 e. The molecule has 0 bridgehead atoms. The van der Waals surface area contributed by atoms with Crippen LogP contribution in [0.3, 0.4) is 0 Å². The van der Waals surface area contributed by atoms with Crippen LogP contribution in [0.2, 0.25) is 0 Å². The number of fused-ring (bicyclic) bond motifs is 3. The van der Waals surface area contributed by atoms with Gasteiger partial charge in [-0.1, -0.05) is 6.92 Å². The number of nitrogens with two attached hydrogens (primary N) is 1. The Bertz CT molecular complexity index is 1230. The van der Waals surface area contributed by atoms with Gasteiger partial charge in [-0.25, -0.2) is 18.7 Å². The van der Waals surface area contributed by atoms with Gasteiger partial charge in [-0.2, -0.15) is 0 Å². The van der Waals surface area contributed by atoms with E-state index < -0.39 is 11.6 Å². The number of rotatable bonds is 5. The lowest BCUT2D eigenvalue weighted by atomic mass is 9.90. The minimum Gasteiger partial charge on any atom is -0.467 e. The predicted molar refractivity (Wildman–Crippen MR) is 124 cm³/mol. The second-order valence-corrected chi connectivity index (χ2v) is 8.99. The van der Waals surface area contributed by atoms with Gasteiger partial charge in [-0.15, -0.1) is 0 Å². The Kier molecular flexibility index (Phi) is 5.16. The van der Waals surface area contributed by atoms with Crippen LogP contribution in [-0.2, 0) is 6.42 Å². The van der Waals surface area contributed by atoms with Crippen LogP contribution in [0.4, 0.5) is 20.2 Å². The molecule has 9 heteroatoms. The summed E-state index contributed by atoms with van der Waals surface area (Å²) in [5.74, 6) is -1.74. The quantitative estimate of drug-likeness (QED) is 0.478.